The van der Waals surface area contributed by atoms with E-state index in [1.54, 1.807) is 6.07 Å². The second kappa shape index (κ2) is 4.85. The van der Waals surface area contributed by atoms with Crippen molar-refractivity contribution in [3.63, 3.8) is 0 Å². The standard InChI is InChI=1S/C15H16F3N/c1-9(2)13-11-6-4-3-5-10(11)7-8-12(13)14(19)15(16,17)18/h3-9,14H,19H2,1-2H3/t14-/m0/s1. The van der Waals surface area contributed by atoms with Crippen molar-refractivity contribution in [3.05, 3.63) is 47.5 Å². The second-order valence-electron chi connectivity index (χ2n) is 4.96. The molecule has 102 valence electrons. The SMILES string of the molecule is CC(C)c1c([C@H](N)C(F)(F)F)ccc2ccccc12. The van der Waals surface area contributed by atoms with Crippen molar-refractivity contribution in [2.45, 2.75) is 32.0 Å². The van der Waals surface area contributed by atoms with Gasteiger partial charge in [-0.3, -0.25) is 0 Å². The van der Waals surface area contributed by atoms with Gasteiger partial charge in [-0.2, -0.15) is 13.2 Å². The van der Waals surface area contributed by atoms with E-state index in [0.717, 1.165) is 10.8 Å². The summed E-state index contributed by atoms with van der Waals surface area (Å²) >= 11 is 0. The van der Waals surface area contributed by atoms with Crippen LogP contribution < -0.4 is 5.73 Å². The molecule has 0 unspecified atom stereocenters. The summed E-state index contributed by atoms with van der Waals surface area (Å²) in [6.07, 6.45) is -4.42. The molecule has 4 heteroatoms. The first-order valence-electron chi connectivity index (χ1n) is 6.16. The molecular formula is C15H16F3N. The van der Waals surface area contributed by atoms with Crippen LogP contribution in [0.3, 0.4) is 0 Å². The third-order valence-corrected chi connectivity index (χ3v) is 3.27. The van der Waals surface area contributed by atoms with E-state index in [1.807, 2.05) is 38.1 Å². The predicted molar refractivity (Wildman–Crippen MR) is 71.0 cm³/mol. The van der Waals surface area contributed by atoms with Gasteiger partial charge in [0.05, 0.1) is 0 Å². The number of alkyl halides is 3. The third kappa shape index (κ3) is 2.59. The number of rotatable bonds is 2. The van der Waals surface area contributed by atoms with Crippen LogP contribution in [0, 0.1) is 0 Å². The Labute approximate surface area is 110 Å². The van der Waals surface area contributed by atoms with Crippen molar-refractivity contribution in [3.8, 4) is 0 Å². The summed E-state index contributed by atoms with van der Waals surface area (Å²) in [7, 11) is 0. The van der Waals surface area contributed by atoms with Crippen LogP contribution >= 0.6 is 0 Å². The first-order chi connectivity index (χ1) is 8.82. The summed E-state index contributed by atoms with van der Waals surface area (Å²) in [5.74, 6) is -0.0190. The van der Waals surface area contributed by atoms with Gasteiger partial charge >= 0.3 is 6.18 Å². The Hall–Kier alpha value is -1.55. The van der Waals surface area contributed by atoms with Crippen molar-refractivity contribution in [2.75, 3.05) is 0 Å². The monoisotopic (exact) mass is 267 g/mol. The molecule has 2 aromatic carbocycles. The van der Waals surface area contributed by atoms with Crippen molar-refractivity contribution in [1.82, 2.24) is 0 Å². The predicted octanol–water partition coefficient (Wildman–Crippen LogP) is 4.53. The molecule has 1 nitrogen and oxygen atoms in total. The maximum Gasteiger partial charge on any atom is 0.407 e. The van der Waals surface area contributed by atoms with E-state index >= 15 is 0 Å². The van der Waals surface area contributed by atoms with Crippen LogP contribution in [0.5, 0.6) is 0 Å². The first-order valence-corrected chi connectivity index (χ1v) is 6.16. The molecule has 0 aliphatic carbocycles. The Morgan fingerprint density at radius 2 is 1.63 bits per heavy atom. The molecule has 0 saturated carbocycles. The zero-order valence-electron chi connectivity index (χ0n) is 10.8. The van der Waals surface area contributed by atoms with Gasteiger partial charge in [-0.05, 0) is 27.8 Å². The number of hydrogen-bond acceptors (Lipinski definition) is 1. The van der Waals surface area contributed by atoms with Gasteiger partial charge in [0.15, 0.2) is 0 Å². The van der Waals surface area contributed by atoms with E-state index in [1.165, 1.54) is 6.07 Å². The second-order valence-corrected chi connectivity index (χ2v) is 4.96. The van der Waals surface area contributed by atoms with Crippen LogP contribution in [0.4, 0.5) is 13.2 Å². The molecule has 0 aromatic heterocycles. The minimum atomic E-state index is -4.42. The van der Waals surface area contributed by atoms with Crippen LogP contribution in [-0.2, 0) is 0 Å². The first kappa shape index (κ1) is 13.9. The molecule has 0 amide bonds. The molecule has 2 rings (SSSR count). The Balaban J connectivity index is 2.71. The van der Waals surface area contributed by atoms with E-state index in [9.17, 15) is 13.2 Å². The minimum absolute atomic E-state index is 0.0190. The summed E-state index contributed by atoms with van der Waals surface area (Å²) in [6, 6.07) is 8.70. The molecule has 1 atom stereocenters. The minimum Gasteiger partial charge on any atom is -0.316 e. The molecule has 0 aliphatic rings. The lowest BCUT2D eigenvalue weighted by Crippen LogP contribution is -2.29. The molecule has 0 radical (unpaired) electrons. The fourth-order valence-corrected chi connectivity index (χ4v) is 2.40. The van der Waals surface area contributed by atoms with Crippen LogP contribution in [0.15, 0.2) is 36.4 Å². The number of hydrogen-bond donors (Lipinski definition) is 1. The van der Waals surface area contributed by atoms with Crippen LogP contribution in [0.1, 0.15) is 36.9 Å². The summed E-state index contributed by atoms with van der Waals surface area (Å²) in [6.45, 7) is 3.77. The van der Waals surface area contributed by atoms with Crippen molar-refractivity contribution < 1.29 is 13.2 Å². The number of benzene rings is 2. The van der Waals surface area contributed by atoms with Crippen molar-refractivity contribution in [2.24, 2.45) is 5.73 Å². The molecule has 0 heterocycles. The van der Waals surface area contributed by atoms with Gasteiger partial charge < -0.3 is 5.73 Å². The van der Waals surface area contributed by atoms with Gasteiger partial charge in [-0.1, -0.05) is 50.2 Å². The molecular weight excluding hydrogens is 251 g/mol. The lowest BCUT2D eigenvalue weighted by Gasteiger charge is -2.22. The quantitative estimate of drug-likeness (QED) is 0.850. The lowest BCUT2D eigenvalue weighted by molar-refractivity contribution is -0.149. The van der Waals surface area contributed by atoms with E-state index in [2.05, 4.69) is 0 Å². The van der Waals surface area contributed by atoms with Crippen LogP contribution in [0.2, 0.25) is 0 Å². The Kier molecular flexibility index (Phi) is 3.54. The van der Waals surface area contributed by atoms with Gasteiger partial charge in [0.1, 0.15) is 6.04 Å². The fraction of sp³-hybridized carbons (Fsp3) is 0.333. The molecule has 2 aromatic rings. The average molecular weight is 267 g/mol. The number of fused-ring (bicyclic) bond motifs is 1. The number of halogens is 3. The van der Waals surface area contributed by atoms with Gasteiger partial charge in [-0.25, -0.2) is 0 Å². The molecule has 0 fully saturated rings. The van der Waals surface area contributed by atoms with E-state index in [-0.39, 0.29) is 11.5 Å². The maximum atomic E-state index is 12.9. The maximum absolute atomic E-state index is 12.9. The highest BCUT2D eigenvalue weighted by atomic mass is 19.4. The smallest absolute Gasteiger partial charge is 0.316 e. The van der Waals surface area contributed by atoms with E-state index in [4.69, 9.17) is 5.73 Å². The van der Waals surface area contributed by atoms with Gasteiger partial charge in [0.25, 0.3) is 0 Å². The lowest BCUT2D eigenvalue weighted by atomic mass is 9.88. The topological polar surface area (TPSA) is 26.0 Å². The largest absolute Gasteiger partial charge is 0.407 e. The summed E-state index contributed by atoms with van der Waals surface area (Å²) < 4.78 is 38.6. The molecule has 0 aliphatic heterocycles. The normalized spacial score (nSPS) is 14.1. The van der Waals surface area contributed by atoms with E-state index < -0.39 is 12.2 Å². The summed E-state index contributed by atoms with van der Waals surface area (Å²) in [5, 5.41) is 1.78. The Morgan fingerprint density at radius 3 is 2.21 bits per heavy atom. The molecule has 2 N–H and O–H groups in total. The highest BCUT2D eigenvalue weighted by Crippen LogP contribution is 2.37. The third-order valence-electron chi connectivity index (χ3n) is 3.27. The molecule has 19 heavy (non-hydrogen) atoms. The highest BCUT2D eigenvalue weighted by Gasteiger charge is 2.39. The fourth-order valence-electron chi connectivity index (χ4n) is 2.40. The Bertz CT molecular complexity index is 587. The molecule has 0 bridgehead atoms. The molecule has 0 saturated heterocycles. The summed E-state index contributed by atoms with van der Waals surface area (Å²) in [4.78, 5) is 0. The Morgan fingerprint density at radius 1 is 1.00 bits per heavy atom. The van der Waals surface area contributed by atoms with Crippen LogP contribution in [-0.4, -0.2) is 6.18 Å². The zero-order chi connectivity index (χ0) is 14.2. The van der Waals surface area contributed by atoms with Gasteiger partial charge in [0, 0.05) is 0 Å². The van der Waals surface area contributed by atoms with Gasteiger partial charge in [0.2, 0.25) is 0 Å². The summed E-state index contributed by atoms with van der Waals surface area (Å²) in [5.41, 5.74) is 6.23. The molecule has 0 spiro atoms. The van der Waals surface area contributed by atoms with Crippen molar-refractivity contribution in [1.29, 1.82) is 0 Å². The van der Waals surface area contributed by atoms with Crippen LogP contribution in [0.25, 0.3) is 10.8 Å². The highest BCUT2D eigenvalue weighted by molar-refractivity contribution is 5.87. The number of nitrogens with two attached hydrogens (primary N) is 1. The van der Waals surface area contributed by atoms with Crippen molar-refractivity contribution >= 4 is 10.8 Å². The average Bonchev–Trinajstić information content (AvgIpc) is 2.35. The van der Waals surface area contributed by atoms with E-state index in [0.29, 0.717) is 5.56 Å². The van der Waals surface area contributed by atoms with Gasteiger partial charge in [-0.15, -0.1) is 0 Å². The zero-order valence-corrected chi connectivity index (χ0v) is 10.8.